The molecule has 152 valence electrons. The summed E-state index contributed by atoms with van der Waals surface area (Å²) < 4.78 is 22.1. The second kappa shape index (κ2) is 9.75. The molecule has 1 heterocycles. The van der Waals surface area contributed by atoms with Crippen LogP contribution in [-0.4, -0.2) is 59.7 Å². The standard InChI is InChI=1S/C20H24O7Se/c1-6-26-19(22)11(3)17(20(23)27-7-2)18(21)16-9-12-8-13(24-4)14(25-5)10-15(12)28-16/h8-11,17H,6-7H2,1-5H3/t11-,17?/m1/s1. The molecule has 0 spiro atoms. The third-order valence-corrected chi connectivity index (χ3v) is 6.58. The Labute approximate surface area is 169 Å². The fourth-order valence-corrected chi connectivity index (χ4v) is 5.03. The molecule has 0 saturated carbocycles. The summed E-state index contributed by atoms with van der Waals surface area (Å²) >= 11 is -0.328. The van der Waals surface area contributed by atoms with E-state index < -0.39 is 29.6 Å². The van der Waals surface area contributed by atoms with E-state index in [4.69, 9.17) is 18.9 Å². The van der Waals surface area contributed by atoms with Gasteiger partial charge in [-0.2, -0.15) is 0 Å². The first-order valence-electron chi connectivity index (χ1n) is 8.90. The summed E-state index contributed by atoms with van der Waals surface area (Å²) in [4.78, 5) is 37.8. The molecule has 0 amide bonds. The van der Waals surface area contributed by atoms with Gasteiger partial charge in [-0.25, -0.2) is 0 Å². The molecule has 0 aliphatic heterocycles. The summed E-state index contributed by atoms with van der Waals surface area (Å²) in [6, 6.07) is 5.37. The molecule has 0 fully saturated rings. The number of hydrogen-bond donors (Lipinski definition) is 0. The first kappa shape index (κ1) is 22.0. The summed E-state index contributed by atoms with van der Waals surface area (Å²) in [6.45, 7) is 5.13. The van der Waals surface area contributed by atoms with Crippen molar-refractivity contribution in [3.63, 3.8) is 0 Å². The number of esters is 2. The van der Waals surface area contributed by atoms with Gasteiger partial charge in [-0.1, -0.05) is 0 Å². The van der Waals surface area contributed by atoms with Gasteiger partial charge in [0.25, 0.3) is 0 Å². The van der Waals surface area contributed by atoms with Gasteiger partial charge in [0.2, 0.25) is 0 Å². The fourth-order valence-electron chi connectivity index (χ4n) is 2.82. The predicted molar refractivity (Wildman–Crippen MR) is 104 cm³/mol. The van der Waals surface area contributed by atoms with Gasteiger partial charge in [-0.15, -0.1) is 0 Å². The van der Waals surface area contributed by atoms with Crippen LogP contribution in [-0.2, 0) is 19.1 Å². The van der Waals surface area contributed by atoms with Crippen LogP contribution in [0.5, 0.6) is 11.5 Å². The Bertz CT molecular complexity index is 830. The minimum atomic E-state index is -1.23. The minimum absolute atomic E-state index is 0.122. The van der Waals surface area contributed by atoms with Crippen LogP contribution in [0.3, 0.4) is 0 Å². The number of ketones is 1. The van der Waals surface area contributed by atoms with Crippen molar-refractivity contribution in [3.8, 4) is 11.5 Å². The summed E-state index contributed by atoms with van der Waals surface area (Å²) in [5.74, 6) is -2.75. The maximum absolute atomic E-state index is 13.2. The number of benzene rings is 1. The first-order chi connectivity index (χ1) is 13.4. The average molecular weight is 455 g/mol. The van der Waals surface area contributed by atoms with E-state index in [2.05, 4.69) is 0 Å². The third-order valence-electron chi connectivity index (χ3n) is 4.25. The van der Waals surface area contributed by atoms with Crippen LogP contribution in [0, 0.1) is 11.8 Å². The van der Waals surface area contributed by atoms with Crippen LogP contribution < -0.4 is 9.47 Å². The van der Waals surface area contributed by atoms with E-state index in [0.717, 1.165) is 9.65 Å². The number of rotatable bonds is 9. The van der Waals surface area contributed by atoms with E-state index in [9.17, 15) is 14.4 Å². The van der Waals surface area contributed by atoms with Crippen molar-refractivity contribution in [1.82, 2.24) is 0 Å². The molecule has 0 aliphatic rings. The Morgan fingerprint density at radius 1 is 0.929 bits per heavy atom. The zero-order chi connectivity index (χ0) is 20.8. The molecule has 2 aromatic rings. The molecule has 28 heavy (non-hydrogen) atoms. The van der Waals surface area contributed by atoms with Crippen molar-refractivity contribution in [2.24, 2.45) is 11.8 Å². The summed E-state index contributed by atoms with van der Waals surface area (Å²) in [5.41, 5.74) is 0. The molecule has 1 unspecified atom stereocenters. The van der Waals surface area contributed by atoms with Crippen molar-refractivity contribution < 1.29 is 33.3 Å². The van der Waals surface area contributed by atoms with Crippen molar-refractivity contribution in [1.29, 1.82) is 0 Å². The van der Waals surface area contributed by atoms with Crippen molar-refractivity contribution in [2.45, 2.75) is 20.8 Å². The van der Waals surface area contributed by atoms with Gasteiger partial charge in [0.1, 0.15) is 0 Å². The van der Waals surface area contributed by atoms with Gasteiger partial charge in [-0.05, 0) is 0 Å². The molecular weight excluding hydrogens is 431 g/mol. The Hall–Kier alpha value is -2.31. The number of hydrogen-bond acceptors (Lipinski definition) is 7. The molecule has 0 N–H and O–H groups in total. The van der Waals surface area contributed by atoms with E-state index in [0.29, 0.717) is 15.9 Å². The number of methoxy groups -OCH3 is 2. The van der Waals surface area contributed by atoms with Gasteiger partial charge in [-0.3, -0.25) is 0 Å². The predicted octanol–water partition coefficient (Wildman–Crippen LogP) is 2.48. The van der Waals surface area contributed by atoms with E-state index in [1.807, 2.05) is 6.07 Å². The topological polar surface area (TPSA) is 88.1 Å². The number of Topliss-reactive ketones (excluding diaryl/α,β-unsaturated/α-hetero) is 1. The van der Waals surface area contributed by atoms with Crippen LogP contribution in [0.15, 0.2) is 18.2 Å². The molecule has 7 nitrogen and oxygen atoms in total. The molecular formula is C20H24O7Se. The van der Waals surface area contributed by atoms with Crippen LogP contribution >= 0.6 is 0 Å². The number of carbonyl (C=O) groups is 3. The first-order valence-corrected chi connectivity index (χ1v) is 10.6. The third kappa shape index (κ3) is 4.56. The normalized spacial score (nSPS) is 12.9. The van der Waals surface area contributed by atoms with E-state index >= 15 is 0 Å². The van der Waals surface area contributed by atoms with Gasteiger partial charge in [0.15, 0.2) is 0 Å². The van der Waals surface area contributed by atoms with Gasteiger partial charge in [0.05, 0.1) is 0 Å². The Morgan fingerprint density at radius 2 is 1.50 bits per heavy atom. The Morgan fingerprint density at radius 3 is 2.07 bits per heavy atom. The monoisotopic (exact) mass is 456 g/mol. The second-order valence-corrected chi connectivity index (χ2v) is 8.26. The molecule has 2 atom stereocenters. The molecule has 0 bridgehead atoms. The number of fused-ring (bicyclic) bond motifs is 1. The number of ether oxygens (including phenoxy) is 4. The van der Waals surface area contributed by atoms with E-state index in [-0.39, 0.29) is 27.7 Å². The molecule has 0 saturated heterocycles. The molecule has 0 aliphatic carbocycles. The van der Waals surface area contributed by atoms with Crippen molar-refractivity contribution >= 4 is 41.9 Å². The van der Waals surface area contributed by atoms with Crippen molar-refractivity contribution in [3.05, 3.63) is 22.6 Å². The van der Waals surface area contributed by atoms with Crippen LogP contribution in [0.25, 0.3) is 9.65 Å². The van der Waals surface area contributed by atoms with Crippen molar-refractivity contribution in [2.75, 3.05) is 27.4 Å². The van der Waals surface area contributed by atoms with E-state index in [1.54, 1.807) is 33.1 Å². The van der Waals surface area contributed by atoms with Crippen LogP contribution in [0.1, 0.15) is 30.0 Å². The molecule has 8 heteroatoms. The van der Waals surface area contributed by atoms with Crippen LogP contribution in [0.2, 0.25) is 0 Å². The van der Waals surface area contributed by atoms with Gasteiger partial charge in [0, 0.05) is 0 Å². The zero-order valence-corrected chi connectivity index (χ0v) is 18.3. The summed E-state index contributed by atoms with van der Waals surface area (Å²) in [7, 11) is 3.08. The average Bonchev–Trinajstić information content (AvgIpc) is 3.10. The van der Waals surface area contributed by atoms with Gasteiger partial charge >= 0.3 is 169 Å². The quantitative estimate of drug-likeness (QED) is 0.248. The maximum atomic E-state index is 13.2. The Balaban J connectivity index is 2.45. The number of carbonyl (C=O) groups excluding carboxylic acids is 3. The second-order valence-electron chi connectivity index (χ2n) is 5.99. The molecule has 0 radical (unpaired) electrons. The Kier molecular flexibility index (Phi) is 7.66. The summed E-state index contributed by atoms with van der Waals surface area (Å²) in [5, 5.41) is 0.840. The zero-order valence-electron chi connectivity index (χ0n) is 16.6. The van der Waals surface area contributed by atoms with E-state index in [1.165, 1.54) is 14.0 Å². The fraction of sp³-hybridized carbons (Fsp3) is 0.450. The summed E-state index contributed by atoms with van der Waals surface area (Å²) in [6.07, 6.45) is 0. The molecule has 2 rings (SSSR count). The molecule has 1 aromatic carbocycles. The SMILES string of the molecule is CCOC(=O)C(C(=O)c1cc2cc(OC)c(OC)cc2[se]1)[C@@H](C)C(=O)OCC. The van der Waals surface area contributed by atoms with Gasteiger partial charge < -0.3 is 0 Å². The van der Waals surface area contributed by atoms with Crippen LogP contribution in [0.4, 0.5) is 0 Å². The molecule has 1 aromatic heterocycles.